The van der Waals surface area contributed by atoms with Crippen LogP contribution in [0.1, 0.15) is 57.2 Å². The van der Waals surface area contributed by atoms with E-state index in [0.29, 0.717) is 41.8 Å². The first kappa shape index (κ1) is 37.2. The zero-order chi connectivity index (χ0) is 37.6. The first-order valence-electron chi connectivity index (χ1n) is 17.7. The Bertz CT molecular complexity index is 2180. The molecule has 274 valence electrons. The molecule has 0 saturated carbocycles. The van der Waals surface area contributed by atoms with Crippen molar-refractivity contribution in [2.24, 2.45) is 5.73 Å². The van der Waals surface area contributed by atoms with Crippen LogP contribution in [0.15, 0.2) is 101 Å². The number of hydrogen-bond acceptors (Lipinski definition) is 9. The van der Waals surface area contributed by atoms with E-state index in [1.165, 1.54) is 11.8 Å². The summed E-state index contributed by atoms with van der Waals surface area (Å²) in [6.07, 6.45) is 4.10. The summed E-state index contributed by atoms with van der Waals surface area (Å²) in [6.45, 7) is 11.9. The third-order valence-electron chi connectivity index (χ3n) is 9.56. The van der Waals surface area contributed by atoms with Crippen LogP contribution in [-0.4, -0.2) is 59.6 Å². The monoisotopic (exact) mass is 730 g/mol. The van der Waals surface area contributed by atoms with Crippen molar-refractivity contribution in [2.75, 3.05) is 37.4 Å². The molecular formula is C42H46N6O4S. The smallest absolute Gasteiger partial charge is 0.253 e. The van der Waals surface area contributed by atoms with Crippen LogP contribution >= 0.6 is 11.8 Å². The maximum absolute atomic E-state index is 13.7. The summed E-state index contributed by atoms with van der Waals surface area (Å²) in [5.74, 6) is 0.345. The predicted octanol–water partition coefficient (Wildman–Crippen LogP) is 7.94. The van der Waals surface area contributed by atoms with Gasteiger partial charge in [0, 0.05) is 63.5 Å². The number of phenolic OH excluding ortho intramolecular Hbond substituents is 1. The number of hydrogen-bond donors (Lipinski definition) is 5. The summed E-state index contributed by atoms with van der Waals surface area (Å²) in [7, 11) is 1.61. The Hall–Kier alpha value is -5.52. The minimum Gasteiger partial charge on any atom is -0.506 e. The van der Waals surface area contributed by atoms with E-state index in [4.69, 9.17) is 10.5 Å². The standard InChI is InChI=1S/C42H46N6O4S/c1-25(2)46-39-27(4)28(12-13-37(39)49)14-17-44-30-15-18-48(19-16-30)42(51)29-8-6-11-33(21-29)53-34-20-26(3)38-35(23-34)40(36(24-45-38)41(43)50)47-31-9-7-10-32(22-31)52-5/h6-13,20-24,30,44,46,49H,1,14-19H2,2-5H3,(H2,43,50)(H,45,47). The van der Waals surface area contributed by atoms with Gasteiger partial charge >= 0.3 is 0 Å². The number of fused-ring (bicyclic) bond motifs is 1. The van der Waals surface area contributed by atoms with Gasteiger partial charge < -0.3 is 36.4 Å². The second-order valence-electron chi connectivity index (χ2n) is 13.5. The molecule has 5 aromatic rings. The summed E-state index contributed by atoms with van der Waals surface area (Å²) in [6, 6.07) is 23.3. The number of piperidine rings is 1. The summed E-state index contributed by atoms with van der Waals surface area (Å²) < 4.78 is 5.39. The number of benzene rings is 4. The van der Waals surface area contributed by atoms with Crippen molar-refractivity contribution in [3.8, 4) is 11.5 Å². The number of nitrogens with zero attached hydrogens (tertiary/aromatic N) is 2. The lowest BCUT2D eigenvalue weighted by atomic mass is 10.0. The Morgan fingerprint density at radius 2 is 1.79 bits per heavy atom. The van der Waals surface area contributed by atoms with Gasteiger partial charge in [-0.15, -0.1) is 0 Å². The number of methoxy groups -OCH3 is 1. The van der Waals surface area contributed by atoms with Crippen LogP contribution in [0.2, 0.25) is 0 Å². The number of nitrogens with one attached hydrogen (secondary N) is 3. The SMILES string of the molecule is C=C(C)Nc1c(O)ccc(CCNC2CCN(C(=O)c3cccc(Sc4cc(C)c5ncc(C(N)=O)c(Nc6cccc(OC)c6)c5c4)c3)CC2)c1C. The molecule has 2 amide bonds. The molecule has 1 saturated heterocycles. The van der Waals surface area contributed by atoms with Crippen LogP contribution in [0.5, 0.6) is 11.5 Å². The molecule has 0 radical (unpaired) electrons. The van der Waals surface area contributed by atoms with Crippen LogP contribution in [0.25, 0.3) is 10.9 Å². The van der Waals surface area contributed by atoms with Crippen LogP contribution < -0.4 is 26.4 Å². The molecule has 6 rings (SSSR count). The summed E-state index contributed by atoms with van der Waals surface area (Å²) >= 11 is 1.55. The second-order valence-corrected chi connectivity index (χ2v) is 14.6. The highest BCUT2D eigenvalue weighted by Gasteiger charge is 2.24. The molecule has 1 aromatic heterocycles. The number of likely N-dealkylation sites (tertiary alicyclic amines) is 1. The molecule has 1 fully saturated rings. The first-order valence-corrected chi connectivity index (χ1v) is 18.5. The second kappa shape index (κ2) is 16.4. The molecule has 4 aromatic carbocycles. The number of ether oxygens (including phenoxy) is 1. The molecule has 1 aliphatic rings. The fourth-order valence-corrected chi connectivity index (χ4v) is 7.78. The number of anilines is 3. The fourth-order valence-electron chi connectivity index (χ4n) is 6.76. The van der Waals surface area contributed by atoms with Gasteiger partial charge in [-0.25, -0.2) is 0 Å². The Kier molecular flexibility index (Phi) is 11.6. The Morgan fingerprint density at radius 1 is 1.02 bits per heavy atom. The molecule has 0 spiro atoms. The molecule has 2 heterocycles. The van der Waals surface area contributed by atoms with Crippen molar-refractivity contribution in [1.82, 2.24) is 15.2 Å². The molecule has 1 aliphatic heterocycles. The lowest BCUT2D eigenvalue weighted by Crippen LogP contribution is -2.45. The third kappa shape index (κ3) is 8.76. The van der Waals surface area contributed by atoms with E-state index in [1.54, 1.807) is 24.9 Å². The number of carbonyl (C=O) groups is 2. The molecule has 0 aliphatic carbocycles. The quantitative estimate of drug-likeness (QED) is 0.0764. The lowest BCUT2D eigenvalue weighted by molar-refractivity contribution is 0.0705. The van der Waals surface area contributed by atoms with Gasteiger partial charge in [0.05, 0.1) is 29.6 Å². The number of primary amides is 1. The van der Waals surface area contributed by atoms with Crippen molar-refractivity contribution in [3.63, 3.8) is 0 Å². The van der Waals surface area contributed by atoms with Gasteiger partial charge in [-0.2, -0.15) is 0 Å². The van der Waals surface area contributed by atoms with E-state index < -0.39 is 5.91 Å². The molecule has 0 atom stereocenters. The number of carbonyl (C=O) groups excluding carboxylic acids is 2. The van der Waals surface area contributed by atoms with Crippen LogP contribution in [0, 0.1) is 13.8 Å². The van der Waals surface area contributed by atoms with E-state index in [9.17, 15) is 14.7 Å². The van der Waals surface area contributed by atoms with Crippen molar-refractivity contribution in [3.05, 3.63) is 119 Å². The molecule has 0 bridgehead atoms. The van der Waals surface area contributed by atoms with Gasteiger partial charge in [0.1, 0.15) is 11.5 Å². The highest BCUT2D eigenvalue weighted by Crippen LogP contribution is 2.37. The number of pyridine rings is 1. The van der Waals surface area contributed by atoms with Gasteiger partial charge in [-0.1, -0.05) is 36.5 Å². The lowest BCUT2D eigenvalue weighted by Gasteiger charge is -2.32. The summed E-state index contributed by atoms with van der Waals surface area (Å²) in [5.41, 5.74) is 13.4. The Labute approximate surface area is 314 Å². The fraction of sp³-hybridized carbons (Fsp3) is 0.262. The number of phenols is 1. The van der Waals surface area contributed by atoms with E-state index >= 15 is 0 Å². The van der Waals surface area contributed by atoms with Crippen molar-refractivity contribution in [1.29, 1.82) is 0 Å². The van der Waals surface area contributed by atoms with E-state index in [0.717, 1.165) is 69.0 Å². The minimum atomic E-state index is -0.582. The topological polar surface area (TPSA) is 142 Å². The number of allylic oxidation sites excluding steroid dienone is 1. The Balaban J connectivity index is 1.11. The van der Waals surface area contributed by atoms with Crippen LogP contribution in [0.4, 0.5) is 17.1 Å². The zero-order valence-electron chi connectivity index (χ0n) is 30.6. The van der Waals surface area contributed by atoms with Gasteiger partial charge in [-0.05, 0) is 112 Å². The third-order valence-corrected chi connectivity index (χ3v) is 10.5. The number of nitrogens with two attached hydrogens (primary N) is 1. The molecule has 6 N–H and O–H groups in total. The Morgan fingerprint density at radius 3 is 2.53 bits per heavy atom. The first-order chi connectivity index (χ1) is 25.5. The van der Waals surface area contributed by atoms with Gasteiger partial charge in [0.15, 0.2) is 0 Å². The summed E-state index contributed by atoms with van der Waals surface area (Å²) in [4.78, 5) is 34.6. The van der Waals surface area contributed by atoms with Gasteiger partial charge in [-0.3, -0.25) is 14.6 Å². The maximum atomic E-state index is 13.7. The van der Waals surface area contributed by atoms with Gasteiger partial charge in [0.25, 0.3) is 11.8 Å². The number of aromatic nitrogens is 1. The molecule has 10 nitrogen and oxygen atoms in total. The molecule has 53 heavy (non-hydrogen) atoms. The van der Waals surface area contributed by atoms with E-state index in [-0.39, 0.29) is 17.2 Å². The zero-order valence-corrected chi connectivity index (χ0v) is 31.4. The van der Waals surface area contributed by atoms with E-state index in [1.807, 2.05) is 86.3 Å². The number of aromatic hydroxyl groups is 1. The van der Waals surface area contributed by atoms with Crippen molar-refractivity contribution >= 4 is 51.5 Å². The largest absolute Gasteiger partial charge is 0.506 e. The molecular weight excluding hydrogens is 685 g/mol. The number of amides is 2. The minimum absolute atomic E-state index is 0.0259. The highest BCUT2D eigenvalue weighted by molar-refractivity contribution is 7.99. The number of rotatable bonds is 13. The summed E-state index contributed by atoms with van der Waals surface area (Å²) in [5, 5.41) is 21.3. The average Bonchev–Trinajstić information content (AvgIpc) is 3.14. The normalized spacial score (nSPS) is 13.2. The van der Waals surface area contributed by atoms with Crippen LogP contribution in [-0.2, 0) is 6.42 Å². The van der Waals surface area contributed by atoms with Gasteiger partial charge in [0.2, 0.25) is 0 Å². The predicted molar refractivity (Wildman–Crippen MR) is 214 cm³/mol. The van der Waals surface area contributed by atoms with Crippen molar-refractivity contribution in [2.45, 2.75) is 55.9 Å². The van der Waals surface area contributed by atoms with Crippen molar-refractivity contribution < 1.29 is 19.4 Å². The highest BCUT2D eigenvalue weighted by atomic mass is 32.2. The van der Waals surface area contributed by atoms with Crippen LogP contribution in [0.3, 0.4) is 0 Å². The maximum Gasteiger partial charge on any atom is 0.253 e. The molecule has 0 unspecified atom stereocenters. The average molecular weight is 731 g/mol. The number of aryl methyl sites for hydroxylation is 1. The molecule has 11 heteroatoms. The van der Waals surface area contributed by atoms with E-state index in [2.05, 4.69) is 33.6 Å².